The smallest absolute Gasteiger partial charge is 0.222 e. The summed E-state index contributed by atoms with van der Waals surface area (Å²) in [4.78, 5) is 22.4. The Balaban J connectivity index is 1.76. The van der Waals surface area contributed by atoms with E-state index in [0.29, 0.717) is 5.91 Å². The van der Waals surface area contributed by atoms with Gasteiger partial charge in [-0.1, -0.05) is 12.5 Å². The molecule has 1 aliphatic rings. The average molecular weight is 365 g/mol. The predicted molar refractivity (Wildman–Crippen MR) is 106 cm³/mol. The average Bonchev–Trinajstić information content (AvgIpc) is 3.05. The summed E-state index contributed by atoms with van der Waals surface area (Å²) in [5.74, 6) is 1.28. The summed E-state index contributed by atoms with van der Waals surface area (Å²) in [5.41, 5.74) is 0. The van der Waals surface area contributed by atoms with E-state index in [0.717, 1.165) is 70.8 Å². The molecule has 0 bridgehead atoms. The molecule has 6 heteroatoms. The molecule has 1 fully saturated rings. The van der Waals surface area contributed by atoms with Crippen molar-refractivity contribution in [3.05, 3.63) is 22.4 Å². The van der Waals surface area contributed by atoms with E-state index in [2.05, 4.69) is 41.7 Å². The molecule has 1 aromatic heterocycles. The molecule has 5 nitrogen and oxygen atoms in total. The van der Waals surface area contributed by atoms with E-state index in [4.69, 9.17) is 4.99 Å². The van der Waals surface area contributed by atoms with Crippen molar-refractivity contribution >= 4 is 23.2 Å². The molecule has 0 spiro atoms. The number of nitrogens with one attached hydrogen (secondary N) is 1. The third kappa shape index (κ3) is 7.06. The molecule has 0 unspecified atom stereocenters. The number of guanidine groups is 1. The van der Waals surface area contributed by atoms with Gasteiger partial charge < -0.3 is 15.1 Å². The largest absolute Gasteiger partial charge is 0.357 e. The summed E-state index contributed by atoms with van der Waals surface area (Å²) in [6, 6.07) is 4.28. The second-order valence-electron chi connectivity index (χ2n) is 6.53. The van der Waals surface area contributed by atoms with Gasteiger partial charge in [0.15, 0.2) is 5.96 Å². The van der Waals surface area contributed by atoms with Gasteiger partial charge in [0.2, 0.25) is 5.91 Å². The molecule has 1 aromatic rings. The van der Waals surface area contributed by atoms with E-state index in [-0.39, 0.29) is 0 Å². The zero-order chi connectivity index (χ0) is 17.9. The number of nitrogens with zero attached hydrogens (tertiary/aromatic N) is 3. The van der Waals surface area contributed by atoms with Gasteiger partial charge in [0.05, 0.1) is 0 Å². The predicted octanol–water partition coefficient (Wildman–Crippen LogP) is 2.98. The monoisotopic (exact) mass is 364 g/mol. The van der Waals surface area contributed by atoms with Gasteiger partial charge in [0.25, 0.3) is 0 Å². The van der Waals surface area contributed by atoms with Gasteiger partial charge in [0.1, 0.15) is 0 Å². The molecule has 25 heavy (non-hydrogen) atoms. The summed E-state index contributed by atoms with van der Waals surface area (Å²) in [6.45, 7) is 6.43. The minimum atomic E-state index is 0.321. The minimum Gasteiger partial charge on any atom is -0.357 e. The number of hydrogen-bond acceptors (Lipinski definition) is 3. The number of carbonyl (C=O) groups is 1. The van der Waals surface area contributed by atoms with Crippen LogP contribution in [0.2, 0.25) is 0 Å². The van der Waals surface area contributed by atoms with Gasteiger partial charge in [-0.15, -0.1) is 11.3 Å². The molecule has 1 amide bonds. The zero-order valence-corrected chi connectivity index (χ0v) is 16.5. The van der Waals surface area contributed by atoms with Crippen LogP contribution in [0.3, 0.4) is 0 Å². The number of likely N-dealkylation sites (N-methyl/N-ethyl adjacent to an activating group) is 1. The number of likely N-dealkylation sites (tertiary alicyclic amines) is 1. The highest BCUT2D eigenvalue weighted by molar-refractivity contribution is 7.09. The summed E-state index contributed by atoms with van der Waals surface area (Å²) in [6.07, 6.45) is 6.06. The van der Waals surface area contributed by atoms with E-state index in [9.17, 15) is 4.79 Å². The standard InChI is InChI=1S/C19H32N4OS/c1-3-20-19(22(2)15-11-17-9-7-16-25-17)21-12-8-14-23-13-6-4-5-10-18(23)24/h7,9,16H,3-6,8,10-15H2,1-2H3,(H,20,21). The second-order valence-corrected chi connectivity index (χ2v) is 7.56. The molecule has 1 aliphatic heterocycles. The van der Waals surface area contributed by atoms with Crippen LogP contribution in [0.4, 0.5) is 0 Å². The van der Waals surface area contributed by atoms with E-state index in [1.165, 1.54) is 11.3 Å². The molecule has 0 atom stereocenters. The van der Waals surface area contributed by atoms with Gasteiger partial charge >= 0.3 is 0 Å². The van der Waals surface area contributed by atoms with Crippen LogP contribution in [0.1, 0.15) is 43.9 Å². The first-order valence-electron chi connectivity index (χ1n) is 9.50. The summed E-state index contributed by atoms with van der Waals surface area (Å²) >= 11 is 1.80. The van der Waals surface area contributed by atoms with E-state index < -0.39 is 0 Å². The maximum Gasteiger partial charge on any atom is 0.222 e. The summed E-state index contributed by atoms with van der Waals surface area (Å²) in [5, 5.41) is 5.49. The fraction of sp³-hybridized carbons (Fsp3) is 0.684. The Morgan fingerprint density at radius 3 is 3.04 bits per heavy atom. The Hall–Kier alpha value is -1.56. The lowest BCUT2D eigenvalue weighted by atomic mass is 10.2. The lowest BCUT2D eigenvalue weighted by molar-refractivity contribution is -0.130. The molecule has 1 N–H and O–H groups in total. The topological polar surface area (TPSA) is 47.9 Å². The molecule has 1 saturated heterocycles. The fourth-order valence-corrected chi connectivity index (χ4v) is 3.73. The van der Waals surface area contributed by atoms with Crippen molar-refractivity contribution in [1.29, 1.82) is 0 Å². The van der Waals surface area contributed by atoms with Gasteiger partial charge in [-0.2, -0.15) is 0 Å². The molecule has 140 valence electrons. The zero-order valence-electron chi connectivity index (χ0n) is 15.7. The molecule has 0 radical (unpaired) electrons. The highest BCUT2D eigenvalue weighted by Gasteiger charge is 2.15. The molecule has 0 aromatic carbocycles. The SMILES string of the molecule is CCNC(=NCCCN1CCCCCC1=O)N(C)CCc1cccs1. The number of amides is 1. The Morgan fingerprint density at radius 1 is 1.40 bits per heavy atom. The fourth-order valence-electron chi connectivity index (χ4n) is 3.03. The van der Waals surface area contributed by atoms with Crippen molar-refractivity contribution in [3.8, 4) is 0 Å². The van der Waals surface area contributed by atoms with Crippen LogP contribution in [0.25, 0.3) is 0 Å². The third-order valence-corrected chi connectivity index (χ3v) is 5.43. The lowest BCUT2D eigenvalue weighted by Crippen LogP contribution is -2.40. The van der Waals surface area contributed by atoms with Crippen molar-refractivity contribution in [1.82, 2.24) is 15.1 Å². The van der Waals surface area contributed by atoms with Gasteiger partial charge in [-0.25, -0.2) is 0 Å². The Morgan fingerprint density at radius 2 is 2.28 bits per heavy atom. The Kier molecular flexibility index (Phi) is 8.80. The van der Waals surface area contributed by atoms with Crippen LogP contribution < -0.4 is 5.32 Å². The summed E-state index contributed by atoms with van der Waals surface area (Å²) in [7, 11) is 2.09. The first-order chi connectivity index (χ1) is 12.2. The van der Waals surface area contributed by atoms with Gasteiger partial charge in [0, 0.05) is 51.1 Å². The van der Waals surface area contributed by atoms with Crippen molar-refractivity contribution < 1.29 is 4.79 Å². The molecule has 2 heterocycles. The van der Waals surface area contributed by atoms with Gasteiger partial charge in [-0.05, 0) is 44.1 Å². The van der Waals surface area contributed by atoms with Crippen LogP contribution in [-0.2, 0) is 11.2 Å². The Labute approximate surface area is 156 Å². The van der Waals surface area contributed by atoms with Crippen LogP contribution in [0.5, 0.6) is 0 Å². The van der Waals surface area contributed by atoms with Crippen molar-refractivity contribution in [2.24, 2.45) is 4.99 Å². The number of rotatable bonds is 8. The third-order valence-electron chi connectivity index (χ3n) is 4.49. The van der Waals surface area contributed by atoms with E-state index >= 15 is 0 Å². The number of thiophene rings is 1. The van der Waals surface area contributed by atoms with E-state index in [1.807, 2.05) is 4.90 Å². The van der Waals surface area contributed by atoms with Crippen LogP contribution in [0.15, 0.2) is 22.5 Å². The quantitative estimate of drug-likeness (QED) is 0.438. The first-order valence-corrected chi connectivity index (χ1v) is 10.4. The van der Waals surface area contributed by atoms with Crippen molar-refractivity contribution in [3.63, 3.8) is 0 Å². The Bertz CT molecular complexity index is 530. The van der Waals surface area contributed by atoms with Gasteiger partial charge in [-0.3, -0.25) is 9.79 Å². The molecule has 2 rings (SSSR count). The van der Waals surface area contributed by atoms with Crippen LogP contribution in [0, 0.1) is 0 Å². The number of aliphatic imine (C=N–C) groups is 1. The minimum absolute atomic E-state index is 0.321. The maximum absolute atomic E-state index is 12.0. The van der Waals surface area contributed by atoms with Crippen LogP contribution in [-0.4, -0.2) is 61.4 Å². The maximum atomic E-state index is 12.0. The number of carbonyl (C=O) groups excluding carboxylic acids is 1. The highest BCUT2D eigenvalue weighted by Crippen LogP contribution is 2.11. The molecular weight excluding hydrogens is 332 g/mol. The number of hydrogen-bond donors (Lipinski definition) is 1. The van der Waals surface area contributed by atoms with E-state index in [1.54, 1.807) is 11.3 Å². The molecule has 0 saturated carbocycles. The van der Waals surface area contributed by atoms with Crippen molar-refractivity contribution in [2.75, 3.05) is 39.8 Å². The van der Waals surface area contributed by atoms with Crippen molar-refractivity contribution in [2.45, 2.75) is 45.4 Å². The normalized spacial score (nSPS) is 16.0. The lowest BCUT2D eigenvalue weighted by Gasteiger charge is -2.22. The molecular formula is C19H32N4OS. The second kappa shape index (κ2) is 11.1. The first kappa shape index (κ1) is 19.8. The summed E-state index contributed by atoms with van der Waals surface area (Å²) < 4.78 is 0. The highest BCUT2D eigenvalue weighted by atomic mass is 32.1. The van der Waals surface area contributed by atoms with Crippen LogP contribution >= 0.6 is 11.3 Å². The molecule has 0 aliphatic carbocycles.